The Morgan fingerprint density at radius 1 is 1.33 bits per heavy atom. The number of aliphatic hydroxyl groups is 1. The summed E-state index contributed by atoms with van der Waals surface area (Å²) in [5, 5.41) is 21.2. The van der Waals surface area contributed by atoms with Gasteiger partial charge in [-0.15, -0.1) is 0 Å². The molecule has 0 aromatic rings. The van der Waals surface area contributed by atoms with Gasteiger partial charge in [0, 0.05) is 0 Å². The highest BCUT2D eigenvalue weighted by Crippen LogP contribution is 1.79. The Kier molecular flexibility index (Phi) is 5.79. The summed E-state index contributed by atoms with van der Waals surface area (Å²) < 4.78 is 4.24. The van der Waals surface area contributed by atoms with E-state index in [1.165, 1.54) is 0 Å². The number of hydrogen-bond acceptors (Lipinski definition) is 5. The molecule has 0 aliphatic heterocycles. The van der Waals surface area contributed by atoms with Crippen LogP contribution in [-0.2, 0) is 14.3 Å². The van der Waals surface area contributed by atoms with Gasteiger partial charge in [0.15, 0.2) is 6.10 Å². The fraction of sp³-hybridized carbons (Fsp3) is 0.571. The summed E-state index contributed by atoms with van der Waals surface area (Å²) in [5.74, 6) is -2.08. The second-order valence-corrected chi connectivity index (χ2v) is 2.49. The summed E-state index contributed by atoms with van der Waals surface area (Å²) in [5.41, 5.74) is 0. The lowest BCUT2D eigenvalue weighted by atomic mass is 10.4. The molecular weight excluding hydrogens is 208 g/mol. The van der Waals surface area contributed by atoms with Crippen molar-refractivity contribution in [3.05, 3.63) is 0 Å². The van der Waals surface area contributed by atoms with Crippen molar-refractivity contribution in [1.29, 1.82) is 0 Å². The Morgan fingerprint density at radius 2 is 1.93 bits per heavy atom. The normalized spacial score (nSPS) is 11.3. The second-order valence-electron chi connectivity index (χ2n) is 2.49. The first-order valence-corrected chi connectivity index (χ1v) is 3.96. The second kappa shape index (κ2) is 6.60. The van der Waals surface area contributed by atoms with Gasteiger partial charge in [-0.1, -0.05) is 0 Å². The summed E-state index contributed by atoms with van der Waals surface area (Å²) in [4.78, 5) is 31.5. The maximum atomic E-state index is 10.9. The van der Waals surface area contributed by atoms with Gasteiger partial charge < -0.3 is 25.6 Å². The highest BCUT2D eigenvalue weighted by atomic mass is 16.5. The number of urea groups is 1. The predicted octanol–water partition coefficient (Wildman–Crippen LogP) is -2.10. The van der Waals surface area contributed by atoms with Gasteiger partial charge in [0.2, 0.25) is 0 Å². The van der Waals surface area contributed by atoms with Crippen molar-refractivity contribution in [3.8, 4) is 0 Å². The lowest BCUT2D eigenvalue weighted by molar-refractivity contribution is -0.146. The molecule has 0 fully saturated rings. The summed E-state index contributed by atoms with van der Waals surface area (Å²) >= 11 is 0. The molecule has 15 heavy (non-hydrogen) atoms. The fourth-order valence-electron chi connectivity index (χ4n) is 0.564. The Bertz CT molecular complexity index is 254. The van der Waals surface area contributed by atoms with Crippen LogP contribution in [0.3, 0.4) is 0 Å². The number of methoxy groups -OCH3 is 1. The van der Waals surface area contributed by atoms with E-state index in [4.69, 9.17) is 10.2 Å². The SMILES string of the molecule is COC(=O)CNC(=O)NC[C@H](O)C(=O)O. The van der Waals surface area contributed by atoms with Crippen molar-refractivity contribution in [3.63, 3.8) is 0 Å². The van der Waals surface area contributed by atoms with Crippen LogP contribution in [0.5, 0.6) is 0 Å². The number of nitrogens with one attached hydrogen (secondary N) is 2. The standard InChI is InChI=1S/C7H12N2O6/c1-15-5(11)3-9-7(14)8-2-4(10)6(12)13/h4,10H,2-3H2,1H3,(H,12,13)(H2,8,9,14)/t4-/m0/s1. The largest absolute Gasteiger partial charge is 0.479 e. The Morgan fingerprint density at radius 3 is 2.40 bits per heavy atom. The summed E-state index contributed by atoms with van der Waals surface area (Å²) in [6, 6.07) is -0.763. The molecule has 86 valence electrons. The van der Waals surface area contributed by atoms with Gasteiger partial charge in [-0.25, -0.2) is 9.59 Å². The Hall–Kier alpha value is -1.83. The molecule has 0 saturated carbocycles. The van der Waals surface area contributed by atoms with Crippen LogP contribution >= 0.6 is 0 Å². The van der Waals surface area contributed by atoms with Gasteiger partial charge in [0.25, 0.3) is 0 Å². The van der Waals surface area contributed by atoms with Crippen molar-refractivity contribution >= 4 is 18.0 Å². The molecule has 0 heterocycles. The topological polar surface area (TPSA) is 125 Å². The molecule has 0 saturated heterocycles. The van der Waals surface area contributed by atoms with E-state index in [1.54, 1.807) is 0 Å². The third kappa shape index (κ3) is 6.27. The Labute approximate surface area is 85.2 Å². The van der Waals surface area contributed by atoms with Crippen LogP contribution in [0.1, 0.15) is 0 Å². The van der Waals surface area contributed by atoms with E-state index < -0.39 is 30.6 Å². The van der Waals surface area contributed by atoms with Crippen LogP contribution < -0.4 is 10.6 Å². The zero-order chi connectivity index (χ0) is 11.8. The molecule has 2 amide bonds. The van der Waals surface area contributed by atoms with Crippen molar-refractivity contribution in [1.82, 2.24) is 10.6 Å². The monoisotopic (exact) mass is 220 g/mol. The van der Waals surface area contributed by atoms with E-state index in [0.29, 0.717) is 0 Å². The highest BCUT2D eigenvalue weighted by Gasteiger charge is 2.14. The van der Waals surface area contributed by atoms with Crippen LogP contribution in [0.15, 0.2) is 0 Å². The molecule has 8 heteroatoms. The van der Waals surface area contributed by atoms with Gasteiger partial charge in [0.05, 0.1) is 13.7 Å². The molecule has 8 nitrogen and oxygen atoms in total. The van der Waals surface area contributed by atoms with Crippen molar-refractivity contribution in [2.45, 2.75) is 6.10 Å². The molecule has 0 spiro atoms. The summed E-state index contributed by atoms with van der Waals surface area (Å²) in [6.45, 7) is -0.770. The van der Waals surface area contributed by atoms with Crippen LogP contribution in [0.25, 0.3) is 0 Å². The van der Waals surface area contributed by atoms with Gasteiger partial charge in [-0.3, -0.25) is 4.79 Å². The number of carboxylic acids is 1. The average Bonchev–Trinajstić information content (AvgIpc) is 2.21. The maximum absolute atomic E-state index is 10.9. The zero-order valence-corrected chi connectivity index (χ0v) is 8.02. The maximum Gasteiger partial charge on any atom is 0.334 e. The van der Waals surface area contributed by atoms with Gasteiger partial charge in [0.1, 0.15) is 6.54 Å². The smallest absolute Gasteiger partial charge is 0.334 e. The first kappa shape index (κ1) is 13.2. The van der Waals surface area contributed by atoms with Gasteiger partial charge in [-0.2, -0.15) is 0 Å². The van der Waals surface area contributed by atoms with Crippen LogP contribution in [0.4, 0.5) is 4.79 Å². The lowest BCUT2D eigenvalue weighted by Gasteiger charge is -2.08. The lowest BCUT2D eigenvalue weighted by Crippen LogP contribution is -2.43. The van der Waals surface area contributed by atoms with E-state index in [0.717, 1.165) is 7.11 Å². The molecule has 0 rings (SSSR count). The van der Waals surface area contributed by atoms with Gasteiger partial charge >= 0.3 is 18.0 Å². The number of aliphatic hydroxyl groups excluding tert-OH is 1. The molecular formula is C7H12N2O6. The number of aliphatic carboxylic acids is 1. The third-order valence-corrected chi connectivity index (χ3v) is 1.36. The fourth-order valence-corrected chi connectivity index (χ4v) is 0.564. The van der Waals surface area contributed by atoms with Gasteiger partial charge in [-0.05, 0) is 0 Å². The molecule has 0 bridgehead atoms. The number of carbonyl (C=O) groups is 3. The minimum atomic E-state index is -1.67. The molecule has 4 N–H and O–H groups in total. The van der Waals surface area contributed by atoms with E-state index in [-0.39, 0.29) is 6.54 Å². The van der Waals surface area contributed by atoms with Crippen LogP contribution in [0, 0.1) is 0 Å². The first-order chi connectivity index (χ1) is 6.97. The average molecular weight is 220 g/mol. The molecule has 0 unspecified atom stereocenters. The van der Waals surface area contributed by atoms with Crippen LogP contribution in [0.2, 0.25) is 0 Å². The number of carboxylic acid groups (broad SMARTS) is 1. The number of amides is 2. The van der Waals surface area contributed by atoms with Crippen molar-refractivity contribution in [2.24, 2.45) is 0 Å². The minimum absolute atomic E-state index is 0.328. The highest BCUT2D eigenvalue weighted by molar-refractivity contribution is 5.81. The van der Waals surface area contributed by atoms with E-state index in [2.05, 4.69) is 15.4 Å². The molecule has 0 aromatic carbocycles. The van der Waals surface area contributed by atoms with Crippen molar-refractivity contribution in [2.75, 3.05) is 20.2 Å². The number of rotatable bonds is 5. The molecule has 1 atom stereocenters. The zero-order valence-electron chi connectivity index (χ0n) is 8.02. The predicted molar refractivity (Wildman–Crippen MR) is 47.1 cm³/mol. The van der Waals surface area contributed by atoms with E-state index in [1.807, 2.05) is 0 Å². The number of ether oxygens (including phenoxy) is 1. The summed E-state index contributed by atoms with van der Waals surface area (Å²) in [7, 11) is 1.16. The Balaban J connectivity index is 3.66. The molecule has 0 radical (unpaired) electrons. The van der Waals surface area contributed by atoms with Crippen LogP contribution in [-0.4, -0.2) is 54.5 Å². The van der Waals surface area contributed by atoms with Crippen molar-refractivity contribution < 1.29 is 29.3 Å². The number of hydrogen-bond donors (Lipinski definition) is 4. The number of esters is 1. The van der Waals surface area contributed by atoms with E-state index in [9.17, 15) is 14.4 Å². The number of carbonyl (C=O) groups excluding carboxylic acids is 2. The third-order valence-electron chi connectivity index (χ3n) is 1.36. The summed E-state index contributed by atoms with van der Waals surface area (Å²) in [6.07, 6.45) is -1.67. The molecule has 0 aliphatic carbocycles. The minimum Gasteiger partial charge on any atom is -0.479 e. The van der Waals surface area contributed by atoms with E-state index >= 15 is 0 Å². The quantitative estimate of drug-likeness (QED) is 0.393. The molecule has 0 aliphatic rings. The first-order valence-electron chi connectivity index (χ1n) is 3.96. The molecule has 0 aromatic heterocycles.